The lowest BCUT2D eigenvalue weighted by atomic mass is 10.1. The zero-order chi connectivity index (χ0) is 13.0. The van der Waals surface area contributed by atoms with E-state index in [9.17, 15) is 9.18 Å². The number of thioether (sulfide) groups is 1. The fourth-order valence-electron chi connectivity index (χ4n) is 1.93. The second kappa shape index (κ2) is 6.04. The molecule has 1 aliphatic heterocycles. The first-order valence-corrected chi connectivity index (χ1v) is 7.08. The van der Waals surface area contributed by atoms with Crippen LogP contribution in [-0.4, -0.2) is 35.5 Å². The molecule has 0 bridgehead atoms. The number of hydrogen-bond donors (Lipinski definition) is 2. The predicted octanol–water partition coefficient (Wildman–Crippen LogP) is 1.89. The van der Waals surface area contributed by atoms with Gasteiger partial charge in [0, 0.05) is 18.8 Å². The van der Waals surface area contributed by atoms with Crippen LogP contribution in [0.1, 0.15) is 23.2 Å². The van der Waals surface area contributed by atoms with Crippen LogP contribution in [0.15, 0.2) is 12.3 Å². The van der Waals surface area contributed by atoms with Crippen LogP contribution in [0.3, 0.4) is 0 Å². The molecular formula is C12H16FN3OS. The van der Waals surface area contributed by atoms with Crippen LogP contribution in [-0.2, 0) is 0 Å². The molecule has 1 fully saturated rings. The molecule has 4 nitrogen and oxygen atoms in total. The minimum atomic E-state index is -0.503. The number of carbonyl (C=O) groups is 1. The quantitative estimate of drug-likeness (QED) is 0.880. The lowest BCUT2D eigenvalue weighted by Crippen LogP contribution is -2.38. The number of anilines is 1. The van der Waals surface area contributed by atoms with Gasteiger partial charge in [-0.25, -0.2) is 9.37 Å². The van der Waals surface area contributed by atoms with E-state index in [1.165, 1.54) is 6.07 Å². The Morgan fingerprint density at radius 2 is 2.44 bits per heavy atom. The van der Waals surface area contributed by atoms with E-state index in [0.29, 0.717) is 5.82 Å². The fraction of sp³-hybridized carbons (Fsp3) is 0.500. The van der Waals surface area contributed by atoms with Crippen molar-refractivity contribution in [3.63, 3.8) is 0 Å². The number of carbonyl (C=O) groups excluding carboxylic acids is 1. The van der Waals surface area contributed by atoms with Crippen molar-refractivity contribution in [2.75, 3.05) is 23.9 Å². The minimum absolute atomic E-state index is 0.171. The molecule has 0 saturated carbocycles. The summed E-state index contributed by atoms with van der Waals surface area (Å²) >= 11 is 1.83. The topological polar surface area (TPSA) is 54.0 Å². The number of nitrogens with zero attached hydrogens (tertiary/aromatic N) is 1. The molecule has 1 aromatic heterocycles. The second-order valence-electron chi connectivity index (χ2n) is 4.19. The molecule has 0 aromatic carbocycles. The number of hydrogen-bond acceptors (Lipinski definition) is 4. The van der Waals surface area contributed by atoms with Gasteiger partial charge in [0.15, 0.2) is 0 Å². The summed E-state index contributed by atoms with van der Waals surface area (Å²) in [6.07, 6.45) is 3.19. The van der Waals surface area contributed by atoms with E-state index in [4.69, 9.17) is 0 Å². The molecule has 1 aliphatic rings. The van der Waals surface area contributed by atoms with E-state index in [-0.39, 0.29) is 17.5 Å². The molecule has 1 unspecified atom stereocenters. The molecular weight excluding hydrogens is 253 g/mol. The molecule has 18 heavy (non-hydrogen) atoms. The Hall–Kier alpha value is -1.30. The van der Waals surface area contributed by atoms with Gasteiger partial charge in [-0.05, 0) is 24.7 Å². The molecule has 0 radical (unpaired) electrons. The average molecular weight is 269 g/mol. The van der Waals surface area contributed by atoms with Crippen LogP contribution in [0.5, 0.6) is 0 Å². The molecule has 98 valence electrons. The monoisotopic (exact) mass is 269 g/mol. The van der Waals surface area contributed by atoms with Crippen molar-refractivity contribution in [1.82, 2.24) is 10.3 Å². The maximum absolute atomic E-state index is 13.1. The summed E-state index contributed by atoms with van der Waals surface area (Å²) in [5, 5.41) is 5.73. The van der Waals surface area contributed by atoms with E-state index in [1.807, 2.05) is 11.8 Å². The van der Waals surface area contributed by atoms with Crippen LogP contribution in [0.25, 0.3) is 0 Å². The molecule has 1 saturated heterocycles. The number of aromatic nitrogens is 1. The van der Waals surface area contributed by atoms with E-state index in [2.05, 4.69) is 15.6 Å². The Morgan fingerprint density at radius 1 is 1.61 bits per heavy atom. The standard InChI is InChI=1S/C12H16FN3OS/c1-14-11-10(5-8(13)6-15-11)12(17)16-9-3-2-4-18-7-9/h5-6,9H,2-4,7H2,1H3,(H,14,15)(H,16,17). The Morgan fingerprint density at radius 3 is 3.11 bits per heavy atom. The summed E-state index contributed by atoms with van der Waals surface area (Å²) in [6, 6.07) is 1.38. The van der Waals surface area contributed by atoms with Crippen molar-refractivity contribution in [1.29, 1.82) is 0 Å². The molecule has 1 aromatic rings. The lowest BCUT2D eigenvalue weighted by molar-refractivity contribution is 0.0938. The third kappa shape index (κ3) is 3.13. The highest BCUT2D eigenvalue weighted by atomic mass is 32.2. The van der Waals surface area contributed by atoms with Gasteiger partial charge in [0.25, 0.3) is 5.91 Å². The van der Waals surface area contributed by atoms with E-state index in [1.54, 1.807) is 7.05 Å². The molecule has 1 atom stereocenters. The number of amides is 1. The van der Waals surface area contributed by atoms with E-state index >= 15 is 0 Å². The average Bonchev–Trinajstić information content (AvgIpc) is 2.40. The zero-order valence-corrected chi connectivity index (χ0v) is 11.0. The Labute approximate surface area is 110 Å². The molecule has 1 amide bonds. The highest BCUT2D eigenvalue weighted by Crippen LogP contribution is 2.18. The number of halogens is 1. The van der Waals surface area contributed by atoms with Gasteiger partial charge in [0.2, 0.25) is 0 Å². The first-order chi connectivity index (χ1) is 8.70. The molecule has 0 aliphatic carbocycles. The summed E-state index contributed by atoms with van der Waals surface area (Å²) in [6.45, 7) is 0. The van der Waals surface area contributed by atoms with Crippen LogP contribution < -0.4 is 10.6 Å². The Bertz CT molecular complexity index is 435. The Balaban J connectivity index is 2.09. The molecule has 6 heteroatoms. The molecule has 0 spiro atoms. The molecule has 2 heterocycles. The molecule has 2 N–H and O–H groups in total. The van der Waals surface area contributed by atoms with Gasteiger partial charge >= 0.3 is 0 Å². The summed E-state index contributed by atoms with van der Waals surface area (Å²) in [5.41, 5.74) is 0.257. The van der Waals surface area contributed by atoms with Gasteiger partial charge in [-0.15, -0.1) is 0 Å². The van der Waals surface area contributed by atoms with Gasteiger partial charge in [-0.2, -0.15) is 11.8 Å². The first-order valence-electron chi connectivity index (χ1n) is 5.92. The smallest absolute Gasteiger partial charge is 0.255 e. The highest BCUT2D eigenvalue weighted by molar-refractivity contribution is 7.99. The molecule has 2 rings (SSSR count). The summed E-state index contributed by atoms with van der Waals surface area (Å²) in [4.78, 5) is 15.9. The van der Waals surface area contributed by atoms with Crippen LogP contribution >= 0.6 is 11.8 Å². The van der Waals surface area contributed by atoms with Crippen molar-refractivity contribution in [2.24, 2.45) is 0 Å². The van der Waals surface area contributed by atoms with Gasteiger partial charge in [0.1, 0.15) is 11.6 Å². The number of pyridine rings is 1. The highest BCUT2D eigenvalue weighted by Gasteiger charge is 2.19. The van der Waals surface area contributed by atoms with Crippen molar-refractivity contribution < 1.29 is 9.18 Å². The van der Waals surface area contributed by atoms with Crippen LogP contribution in [0.4, 0.5) is 10.2 Å². The Kier molecular flexibility index (Phi) is 4.41. The van der Waals surface area contributed by atoms with Gasteiger partial charge in [0.05, 0.1) is 11.8 Å². The van der Waals surface area contributed by atoms with Crippen molar-refractivity contribution in [3.05, 3.63) is 23.6 Å². The maximum atomic E-state index is 13.1. The SMILES string of the molecule is CNc1ncc(F)cc1C(=O)NC1CCCSC1. The summed E-state index contributed by atoms with van der Waals surface area (Å²) in [5.74, 6) is 1.70. The zero-order valence-electron chi connectivity index (χ0n) is 10.2. The fourth-order valence-corrected chi connectivity index (χ4v) is 3.00. The third-order valence-electron chi connectivity index (χ3n) is 2.83. The predicted molar refractivity (Wildman–Crippen MR) is 71.6 cm³/mol. The van der Waals surface area contributed by atoms with Crippen LogP contribution in [0, 0.1) is 5.82 Å². The summed E-state index contributed by atoms with van der Waals surface area (Å²) < 4.78 is 13.1. The maximum Gasteiger partial charge on any atom is 0.255 e. The summed E-state index contributed by atoms with van der Waals surface area (Å²) in [7, 11) is 1.66. The van der Waals surface area contributed by atoms with Crippen molar-refractivity contribution >= 4 is 23.5 Å². The minimum Gasteiger partial charge on any atom is -0.372 e. The van der Waals surface area contributed by atoms with Gasteiger partial charge < -0.3 is 10.6 Å². The van der Waals surface area contributed by atoms with E-state index in [0.717, 1.165) is 30.5 Å². The lowest BCUT2D eigenvalue weighted by Gasteiger charge is -2.22. The van der Waals surface area contributed by atoms with Crippen molar-refractivity contribution in [3.8, 4) is 0 Å². The first kappa shape index (κ1) is 13.1. The van der Waals surface area contributed by atoms with Crippen LogP contribution in [0.2, 0.25) is 0 Å². The van der Waals surface area contributed by atoms with Gasteiger partial charge in [-0.1, -0.05) is 0 Å². The van der Waals surface area contributed by atoms with Crippen molar-refractivity contribution in [2.45, 2.75) is 18.9 Å². The third-order valence-corrected chi connectivity index (χ3v) is 4.05. The number of nitrogens with one attached hydrogen (secondary N) is 2. The van der Waals surface area contributed by atoms with Gasteiger partial charge in [-0.3, -0.25) is 4.79 Å². The number of rotatable bonds is 3. The van der Waals surface area contributed by atoms with E-state index < -0.39 is 5.82 Å². The normalized spacial score (nSPS) is 19.3. The largest absolute Gasteiger partial charge is 0.372 e. The second-order valence-corrected chi connectivity index (χ2v) is 5.34.